The first kappa shape index (κ1) is 19.7. The molecule has 31 heavy (non-hydrogen) atoms. The number of anilines is 1. The van der Waals surface area contributed by atoms with Crippen LogP contribution in [0.5, 0.6) is 17.4 Å². The average molecular weight is 415 g/mol. The Morgan fingerprint density at radius 3 is 2.52 bits per heavy atom. The topological polar surface area (TPSA) is 110 Å². The van der Waals surface area contributed by atoms with Gasteiger partial charge in [-0.1, -0.05) is 12.1 Å². The molecule has 0 aliphatic rings. The minimum absolute atomic E-state index is 0.0808. The van der Waals surface area contributed by atoms with Gasteiger partial charge < -0.3 is 14.8 Å². The van der Waals surface area contributed by atoms with Crippen molar-refractivity contribution in [3.05, 3.63) is 78.0 Å². The fourth-order valence-electron chi connectivity index (χ4n) is 2.76. The van der Waals surface area contributed by atoms with E-state index in [1.807, 2.05) is 6.07 Å². The van der Waals surface area contributed by atoms with E-state index in [0.29, 0.717) is 16.7 Å². The lowest BCUT2D eigenvalue weighted by Crippen LogP contribution is -2.16. The minimum Gasteiger partial charge on any atom is -0.493 e. The summed E-state index contributed by atoms with van der Waals surface area (Å²) in [6.07, 6.45) is 1.36. The number of pyridine rings is 1. The van der Waals surface area contributed by atoms with Gasteiger partial charge in [0.05, 0.1) is 30.0 Å². The zero-order chi connectivity index (χ0) is 21.8. The molecule has 0 spiro atoms. The number of nitrogens with one attached hydrogen (secondary N) is 1. The number of benzene rings is 2. The van der Waals surface area contributed by atoms with Gasteiger partial charge in [-0.3, -0.25) is 4.79 Å². The fourth-order valence-corrected chi connectivity index (χ4v) is 2.76. The number of para-hydroxylation sites is 2. The standard InChI is InChI=1S/C22H14FN5O3/c1-30-19-10-13(23)6-9-18(19)31-22-20(27-16-4-2-3-5-17(16)28-22)21(29)26-15-8-7-14(11-24)25-12-15/h2-10,12H,1H3,(H,26,29). The van der Waals surface area contributed by atoms with Crippen LogP contribution < -0.4 is 14.8 Å². The van der Waals surface area contributed by atoms with Crippen molar-refractivity contribution in [3.63, 3.8) is 0 Å². The van der Waals surface area contributed by atoms with E-state index in [1.165, 1.54) is 31.5 Å². The van der Waals surface area contributed by atoms with Crippen LogP contribution in [0.1, 0.15) is 16.2 Å². The van der Waals surface area contributed by atoms with Crippen LogP contribution in [0.15, 0.2) is 60.8 Å². The molecule has 0 unspecified atom stereocenters. The Kier molecular flexibility index (Phi) is 5.36. The highest BCUT2D eigenvalue weighted by atomic mass is 19.1. The number of amides is 1. The maximum absolute atomic E-state index is 13.5. The van der Waals surface area contributed by atoms with Crippen LogP contribution in [-0.4, -0.2) is 28.0 Å². The first-order chi connectivity index (χ1) is 15.1. The summed E-state index contributed by atoms with van der Waals surface area (Å²) < 4.78 is 24.5. The van der Waals surface area contributed by atoms with Gasteiger partial charge in [0.2, 0.25) is 0 Å². The van der Waals surface area contributed by atoms with Crippen molar-refractivity contribution >= 4 is 22.6 Å². The molecule has 4 aromatic rings. The number of nitrogens with zero attached hydrogens (tertiary/aromatic N) is 4. The molecule has 0 aliphatic carbocycles. The van der Waals surface area contributed by atoms with Gasteiger partial charge in [-0.05, 0) is 36.4 Å². The second-order valence-electron chi connectivity index (χ2n) is 6.26. The van der Waals surface area contributed by atoms with Gasteiger partial charge in [0.15, 0.2) is 17.2 Å². The zero-order valence-electron chi connectivity index (χ0n) is 16.2. The predicted molar refractivity (Wildman–Crippen MR) is 109 cm³/mol. The largest absolute Gasteiger partial charge is 0.493 e. The van der Waals surface area contributed by atoms with E-state index in [2.05, 4.69) is 20.3 Å². The number of nitriles is 1. The Balaban J connectivity index is 1.74. The second kappa shape index (κ2) is 8.42. The van der Waals surface area contributed by atoms with E-state index in [1.54, 1.807) is 30.3 Å². The summed E-state index contributed by atoms with van der Waals surface area (Å²) in [5, 5.41) is 11.5. The molecular weight excluding hydrogens is 401 g/mol. The Morgan fingerprint density at radius 1 is 1.06 bits per heavy atom. The van der Waals surface area contributed by atoms with Gasteiger partial charge in [0.1, 0.15) is 17.6 Å². The van der Waals surface area contributed by atoms with Gasteiger partial charge in [-0.15, -0.1) is 0 Å². The van der Waals surface area contributed by atoms with Crippen LogP contribution in [0.4, 0.5) is 10.1 Å². The van der Waals surface area contributed by atoms with Crippen LogP contribution in [0.2, 0.25) is 0 Å². The molecule has 4 rings (SSSR count). The van der Waals surface area contributed by atoms with Crippen molar-refractivity contribution in [2.75, 3.05) is 12.4 Å². The summed E-state index contributed by atoms with van der Waals surface area (Å²) in [4.78, 5) is 25.7. The van der Waals surface area contributed by atoms with Gasteiger partial charge >= 0.3 is 0 Å². The quantitative estimate of drug-likeness (QED) is 0.523. The number of fused-ring (bicyclic) bond motifs is 1. The average Bonchev–Trinajstić information content (AvgIpc) is 2.80. The summed E-state index contributed by atoms with van der Waals surface area (Å²) in [5.41, 5.74) is 1.49. The van der Waals surface area contributed by atoms with Gasteiger partial charge in [0, 0.05) is 6.07 Å². The van der Waals surface area contributed by atoms with Gasteiger partial charge in [-0.2, -0.15) is 5.26 Å². The molecule has 8 nitrogen and oxygen atoms in total. The molecule has 1 amide bonds. The lowest BCUT2D eigenvalue weighted by atomic mass is 10.2. The van der Waals surface area contributed by atoms with Crippen LogP contribution in [0.25, 0.3) is 11.0 Å². The van der Waals surface area contributed by atoms with Gasteiger partial charge in [0.25, 0.3) is 11.8 Å². The third-order valence-electron chi connectivity index (χ3n) is 4.22. The molecule has 0 saturated carbocycles. The van der Waals surface area contributed by atoms with Crippen LogP contribution >= 0.6 is 0 Å². The first-order valence-electron chi connectivity index (χ1n) is 9.03. The lowest BCUT2D eigenvalue weighted by Gasteiger charge is -2.13. The Morgan fingerprint density at radius 2 is 1.84 bits per heavy atom. The van der Waals surface area contributed by atoms with Crippen molar-refractivity contribution in [3.8, 4) is 23.4 Å². The molecule has 2 aromatic heterocycles. The number of halogens is 1. The summed E-state index contributed by atoms with van der Waals surface area (Å²) in [7, 11) is 1.37. The number of carbonyl (C=O) groups is 1. The van der Waals surface area contributed by atoms with Gasteiger partial charge in [-0.25, -0.2) is 19.3 Å². The monoisotopic (exact) mass is 415 g/mol. The van der Waals surface area contributed by atoms with Crippen molar-refractivity contribution in [2.45, 2.75) is 0 Å². The van der Waals surface area contributed by atoms with Crippen LogP contribution in [0.3, 0.4) is 0 Å². The maximum Gasteiger partial charge on any atom is 0.279 e. The predicted octanol–water partition coefficient (Wildman–Crippen LogP) is 4.09. The molecule has 0 saturated heterocycles. The number of rotatable bonds is 5. The van der Waals surface area contributed by atoms with E-state index in [-0.39, 0.29) is 28.8 Å². The number of hydrogen-bond donors (Lipinski definition) is 1. The molecule has 2 heterocycles. The van der Waals surface area contributed by atoms with Crippen LogP contribution in [0, 0.1) is 17.1 Å². The highest BCUT2D eigenvalue weighted by Gasteiger charge is 2.20. The highest BCUT2D eigenvalue weighted by molar-refractivity contribution is 6.05. The van der Waals surface area contributed by atoms with E-state index in [0.717, 1.165) is 6.07 Å². The molecule has 0 aliphatic heterocycles. The van der Waals surface area contributed by atoms with E-state index in [4.69, 9.17) is 14.7 Å². The Labute approximate surface area is 175 Å². The van der Waals surface area contributed by atoms with E-state index >= 15 is 0 Å². The molecule has 0 atom stereocenters. The molecule has 2 aromatic carbocycles. The number of carbonyl (C=O) groups excluding carboxylic acids is 1. The first-order valence-corrected chi connectivity index (χ1v) is 9.03. The summed E-state index contributed by atoms with van der Waals surface area (Å²) >= 11 is 0. The second-order valence-corrected chi connectivity index (χ2v) is 6.26. The molecule has 9 heteroatoms. The number of aromatic nitrogens is 3. The van der Waals surface area contributed by atoms with Crippen molar-refractivity contribution < 1.29 is 18.7 Å². The van der Waals surface area contributed by atoms with Crippen molar-refractivity contribution in [2.24, 2.45) is 0 Å². The number of ether oxygens (including phenoxy) is 2. The SMILES string of the molecule is COc1cc(F)ccc1Oc1nc2ccccc2nc1C(=O)Nc1ccc(C#N)nc1. The minimum atomic E-state index is -0.596. The summed E-state index contributed by atoms with van der Waals surface area (Å²) in [5.74, 6) is -0.871. The summed E-state index contributed by atoms with van der Waals surface area (Å²) in [6, 6.07) is 15.6. The van der Waals surface area contributed by atoms with E-state index < -0.39 is 11.7 Å². The van der Waals surface area contributed by atoms with Crippen molar-refractivity contribution in [1.82, 2.24) is 15.0 Å². The third-order valence-corrected chi connectivity index (χ3v) is 4.22. The molecule has 0 radical (unpaired) electrons. The smallest absolute Gasteiger partial charge is 0.279 e. The van der Waals surface area contributed by atoms with Crippen molar-refractivity contribution in [1.29, 1.82) is 5.26 Å². The Hall–Kier alpha value is -4.58. The molecule has 0 bridgehead atoms. The Bertz CT molecular complexity index is 1320. The maximum atomic E-state index is 13.5. The molecule has 0 fully saturated rings. The third kappa shape index (κ3) is 4.23. The highest BCUT2D eigenvalue weighted by Crippen LogP contribution is 2.33. The van der Waals surface area contributed by atoms with E-state index in [9.17, 15) is 9.18 Å². The normalized spacial score (nSPS) is 10.4. The lowest BCUT2D eigenvalue weighted by molar-refractivity contribution is 0.101. The molecule has 1 N–H and O–H groups in total. The number of hydrogen-bond acceptors (Lipinski definition) is 7. The number of methoxy groups -OCH3 is 1. The molecule has 152 valence electrons. The zero-order valence-corrected chi connectivity index (χ0v) is 16.2. The van der Waals surface area contributed by atoms with Crippen LogP contribution in [-0.2, 0) is 0 Å². The fraction of sp³-hybridized carbons (Fsp3) is 0.0455. The molecular formula is C22H14FN5O3. The summed E-state index contributed by atoms with van der Waals surface area (Å²) in [6.45, 7) is 0.